The molecule has 20 heavy (non-hydrogen) atoms. The van der Waals surface area contributed by atoms with Gasteiger partial charge in [0.25, 0.3) is 5.91 Å². The first-order valence-corrected chi connectivity index (χ1v) is 7.20. The molecule has 1 atom stereocenters. The molecule has 0 aliphatic carbocycles. The summed E-state index contributed by atoms with van der Waals surface area (Å²) in [5.41, 5.74) is 0.633. The van der Waals surface area contributed by atoms with Crippen molar-refractivity contribution in [3.63, 3.8) is 0 Å². The maximum Gasteiger partial charge on any atom is 0.303 e. The number of likely N-dealkylation sites (tertiary alicyclic amines) is 1. The molecule has 1 aromatic carbocycles. The lowest BCUT2D eigenvalue weighted by atomic mass is 9.93. The van der Waals surface area contributed by atoms with Crippen LogP contribution in [0.3, 0.4) is 0 Å². The van der Waals surface area contributed by atoms with E-state index in [1.165, 1.54) is 0 Å². The van der Waals surface area contributed by atoms with Crippen LogP contribution in [0.1, 0.15) is 36.0 Å². The van der Waals surface area contributed by atoms with E-state index in [4.69, 9.17) is 16.7 Å². The highest BCUT2D eigenvalue weighted by molar-refractivity contribution is 6.30. The van der Waals surface area contributed by atoms with Crippen molar-refractivity contribution < 1.29 is 14.7 Å². The van der Waals surface area contributed by atoms with E-state index in [9.17, 15) is 9.59 Å². The Bertz CT molecular complexity index is 486. The monoisotopic (exact) mass is 295 g/mol. The lowest BCUT2D eigenvalue weighted by molar-refractivity contribution is -0.137. The average molecular weight is 296 g/mol. The van der Waals surface area contributed by atoms with Gasteiger partial charge in [-0.2, -0.15) is 0 Å². The summed E-state index contributed by atoms with van der Waals surface area (Å²) in [6.45, 7) is 1.39. The van der Waals surface area contributed by atoms with Gasteiger partial charge in [0.1, 0.15) is 0 Å². The molecule has 1 fully saturated rings. The van der Waals surface area contributed by atoms with E-state index in [0.717, 1.165) is 19.4 Å². The largest absolute Gasteiger partial charge is 0.481 e. The molecule has 0 radical (unpaired) electrons. The minimum Gasteiger partial charge on any atom is -0.481 e. The molecular weight excluding hydrogens is 278 g/mol. The second kappa shape index (κ2) is 6.75. The molecule has 1 saturated heterocycles. The Kier molecular flexibility index (Phi) is 5.01. The summed E-state index contributed by atoms with van der Waals surface area (Å²) in [5, 5.41) is 9.34. The standard InChI is InChI=1S/C15H18ClNO3/c16-13-6-4-12(5-7-13)15(20)17-9-1-2-11(10-17)3-8-14(18)19/h4-7,11H,1-3,8-10H2,(H,18,19)/t11-/m0/s1. The predicted octanol–water partition coefficient (Wildman–Crippen LogP) is 3.06. The summed E-state index contributed by atoms with van der Waals surface area (Å²) in [6.07, 6.45) is 2.74. The van der Waals surface area contributed by atoms with E-state index in [2.05, 4.69) is 0 Å². The minimum atomic E-state index is -0.772. The van der Waals surface area contributed by atoms with Crippen LogP contribution in [0, 0.1) is 5.92 Å². The number of carbonyl (C=O) groups excluding carboxylic acids is 1. The van der Waals surface area contributed by atoms with E-state index in [1.807, 2.05) is 4.90 Å². The number of piperidine rings is 1. The third-order valence-corrected chi connectivity index (χ3v) is 3.92. The van der Waals surface area contributed by atoms with Crippen molar-refractivity contribution in [2.75, 3.05) is 13.1 Å². The van der Waals surface area contributed by atoms with Gasteiger partial charge < -0.3 is 10.0 Å². The number of carbonyl (C=O) groups is 2. The topological polar surface area (TPSA) is 57.6 Å². The summed E-state index contributed by atoms with van der Waals surface area (Å²) < 4.78 is 0. The number of carboxylic acids is 1. The molecule has 4 nitrogen and oxygen atoms in total. The van der Waals surface area contributed by atoms with Crippen molar-refractivity contribution in [1.29, 1.82) is 0 Å². The van der Waals surface area contributed by atoms with E-state index in [0.29, 0.717) is 23.6 Å². The number of amides is 1. The van der Waals surface area contributed by atoms with Crippen LogP contribution in [0.2, 0.25) is 5.02 Å². The number of carboxylic acid groups (broad SMARTS) is 1. The molecule has 0 unspecified atom stereocenters. The normalized spacial score (nSPS) is 18.9. The number of nitrogens with zero attached hydrogens (tertiary/aromatic N) is 1. The Balaban J connectivity index is 1.96. The highest BCUT2D eigenvalue weighted by atomic mass is 35.5. The molecule has 1 amide bonds. The molecule has 1 N–H and O–H groups in total. The number of aliphatic carboxylic acids is 1. The van der Waals surface area contributed by atoms with Gasteiger partial charge in [0.05, 0.1) is 0 Å². The smallest absolute Gasteiger partial charge is 0.303 e. The van der Waals surface area contributed by atoms with Crippen LogP contribution in [0.4, 0.5) is 0 Å². The van der Waals surface area contributed by atoms with Crippen LogP contribution in [0.5, 0.6) is 0 Å². The fourth-order valence-corrected chi connectivity index (χ4v) is 2.71. The predicted molar refractivity (Wildman–Crippen MR) is 76.9 cm³/mol. The molecule has 0 aromatic heterocycles. The molecule has 1 aliphatic heterocycles. The summed E-state index contributed by atoms with van der Waals surface area (Å²) in [5.74, 6) is -0.482. The maximum atomic E-state index is 12.4. The Morgan fingerprint density at radius 3 is 2.65 bits per heavy atom. The third kappa shape index (κ3) is 3.97. The second-order valence-electron chi connectivity index (χ2n) is 5.20. The molecule has 0 spiro atoms. The zero-order valence-corrected chi connectivity index (χ0v) is 12.0. The van der Waals surface area contributed by atoms with Crippen molar-refractivity contribution in [3.05, 3.63) is 34.9 Å². The SMILES string of the molecule is O=C(O)CC[C@@H]1CCCN(C(=O)c2ccc(Cl)cc2)C1. The summed E-state index contributed by atoms with van der Waals surface area (Å²) in [7, 11) is 0. The van der Waals surface area contributed by atoms with E-state index in [-0.39, 0.29) is 18.2 Å². The number of halogens is 1. The summed E-state index contributed by atoms with van der Waals surface area (Å²) in [6, 6.07) is 6.87. The fourth-order valence-electron chi connectivity index (χ4n) is 2.59. The van der Waals surface area contributed by atoms with E-state index >= 15 is 0 Å². The Morgan fingerprint density at radius 2 is 2.00 bits per heavy atom. The van der Waals surface area contributed by atoms with Crippen molar-refractivity contribution in [3.8, 4) is 0 Å². The molecule has 0 bridgehead atoms. The van der Waals surface area contributed by atoms with Gasteiger partial charge in [-0.15, -0.1) is 0 Å². The van der Waals surface area contributed by atoms with Gasteiger partial charge in [-0.05, 0) is 49.4 Å². The van der Waals surface area contributed by atoms with Gasteiger partial charge in [-0.3, -0.25) is 9.59 Å². The molecular formula is C15H18ClNO3. The first-order valence-electron chi connectivity index (χ1n) is 6.83. The first kappa shape index (κ1) is 14.9. The molecule has 1 aromatic rings. The minimum absolute atomic E-state index is 0.00157. The first-order chi connectivity index (χ1) is 9.56. The number of benzene rings is 1. The van der Waals surface area contributed by atoms with Crippen molar-refractivity contribution in [2.45, 2.75) is 25.7 Å². The van der Waals surface area contributed by atoms with Crippen LogP contribution >= 0.6 is 11.6 Å². The maximum absolute atomic E-state index is 12.4. The van der Waals surface area contributed by atoms with Gasteiger partial charge >= 0.3 is 5.97 Å². The zero-order chi connectivity index (χ0) is 14.5. The van der Waals surface area contributed by atoms with E-state index in [1.54, 1.807) is 24.3 Å². The van der Waals surface area contributed by atoms with Gasteiger partial charge in [-0.1, -0.05) is 11.6 Å². The van der Waals surface area contributed by atoms with Crippen molar-refractivity contribution in [2.24, 2.45) is 5.92 Å². The highest BCUT2D eigenvalue weighted by Gasteiger charge is 2.24. The van der Waals surface area contributed by atoms with Crippen molar-refractivity contribution in [1.82, 2.24) is 4.90 Å². The van der Waals surface area contributed by atoms with E-state index < -0.39 is 5.97 Å². The molecule has 0 saturated carbocycles. The number of hydrogen-bond donors (Lipinski definition) is 1. The summed E-state index contributed by atoms with van der Waals surface area (Å²) in [4.78, 5) is 24.8. The number of hydrogen-bond acceptors (Lipinski definition) is 2. The van der Waals surface area contributed by atoms with Crippen LogP contribution in [0.25, 0.3) is 0 Å². The Morgan fingerprint density at radius 1 is 1.30 bits per heavy atom. The molecule has 2 rings (SSSR count). The lowest BCUT2D eigenvalue weighted by Gasteiger charge is -2.32. The highest BCUT2D eigenvalue weighted by Crippen LogP contribution is 2.22. The van der Waals surface area contributed by atoms with Gasteiger partial charge in [0.15, 0.2) is 0 Å². The lowest BCUT2D eigenvalue weighted by Crippen LogP contribution is -2.40. The molecule has 5 heteroatoms. The van der Waals surface area contributed by atoms with Crippen LogP contribution < -0.4 is 0 Å². The van der Waals surface area contributed by atoms with Crippen molar-refractivity contribution >= 4 is 23.5 Å². The van der Waals surface area contributed by atoms with Gasteiger partial charge in [0.2, 0.25) is 0 Å². The Hall–Kier alpha value is -1.55. The zero-order valence-electron chi connectivity index (χ0n) is 11.2. The molecule has 1 aliphatic rings. The quantitative estimate of drug-likeness (QED) is 0.929. The van der Waals surface area contributed by atoms with Crippen LogP contribution in [-0.4, -0.2) is 35.0 Å². The fraction of sp³-hybridized carbons (Fsp3) is 0.467. The summed E-state index contributed by atoms with van der Waals surface area (Å²) >= 11 is 5.82. The Labute approximate surface area is 123 Å². The molecule has 1 heterocycles. The van der Waals surface area contributed by atoms with Crippen LogP contribution in [0.15, 0.2) is 24.3 Å². The van der Waals surface area contributed by atoms with Crippen LogP contribution in [-0.2, 0) is 4.79 Å². The number of rotatable bonds is 4. The second-order valence-corrected chi connectivity index (χ2v) is 5.64. The third-order valence-electron chi connectivity index (χ3n) is 3.66. The molecule has 108 valence electrons. The van der Waals surface area contributed by atoms with Gasteiger partial charge in [-0.25, -0.2) is 0 Å². The average Bonchev–Trinajstić information content (AvgIpc) is 2.45. The van der Waals surface area contributed by atoms with Gasteiger partial charge in [0, 0.05) is 30.1 Å².